The topological polar surface area (TPSA) is 91.2 Å². The summed E-state index contributed by atoms with van der Waals surface area (Å²) in [5.74, 6) is 0.582. The van der Waals surface area contributed by atoms with Crippen molar-refractivity contribution in [2.24, 2.45) is 5.92 Å². The number of rotatable bonds is 9. The summed E-state index contributed by atoms with van der Waals surface area (Å²) in [4.78, 5) is 25.8. The summed E-state index contributed by atoms with van der Waals surface area (Å²) in [5.41, 5.74) is 2.21. The average Bonchev–Trinajstić information content (AvgIpc) is 3.52. The van der Waals surface area contributed by atoms with Crippen molar-refractivity contribution in [3.8, 4) is 5.75 Å². The molecule has 4 rings (SSSR count). The zero-order valence-corrected chi connectivity index (χ0v) is 17.2. The number of fused-ring (bicyclic) bond motifs is 1. The SMILES string of the molecule is COCCn1c([C@@H](NC(=O)c2cnc(C)cn2)C2CC2)nc2cc(OC(F)F)ccc21. The minimum absolute atomic E-state index is 0.0346. The molecule has 1 saturated carbocycles. The minimum atomic E-state index is -2.92. The third-order valence-electron chi connectivity index (χ3n) is 5.17. The van der Waals surface area contributed by atoms with Crippen LogP contribution in [0.3, 0.4) is 0 Å². The molecule has 1 amide bonds. The number of hydrogen-bond acceptors (Lipinski definition) is 6. The molecular formula is C21H23F2N5O3. The van der Waals surface area contributed by atoms with Gasteiger partial charge in [-0.2, -0.15) is 8.78 Å². The smallest absolute Gasteiger partial charge is 0.387 e. The van der Waals surface area contributed by atoms with Crippen LogP contribution in [0, 0.1) is 12.8 Å². The molecule has 0 unspecified atom stereocenters. The van der Waals surface area contributed by atoms with Crippen LogP contribution in [-0.4, -0.2) is 45.8 Å². The molecule has 31 heavy (non-hydrogen) atoms. The molecule has 1 N–H and O–H groups in total. The number of aromatic nitrogens is 4. The number of ether oxygens (including phenoxy) is 2. The molecule has 8 nitrogen and oxygen atoms in total. The summed E-state index contributed by atoms with van der Waals surface area (Å²) >= 11 is 0. The highest BCUT2D eigenvalue weighted by molar-refractivity contribution is 5.92. The van der Waals surface area contributed by atoms with Gasteiger partial charge in [-0.1, -0.05) is 0 Å². The number of carbonyl (C=O) groups is 1. The molecule has 0 radical (unpaired) electrons. The lowest BCUT2D eigenvalue weighted by molar-refractivity contribution is -0.0497. The second-order valence-corrected chi connectivity index (χ2v) is 7.48. The standard InChI is InChI=1S/C21H23F2N5O3/c1-12-10-25-16(11-24-12)20(29)27-18(13-3-4-13)19-26-15-9-14(31-21(22)23)5-6-17(15)28(19)7-8-30-2/h5-6,9-11,13,18,21H,3-4,7-8H2,1-2H3,(H,27,29)/t18-/m0/s1. The molecule has 164 valence electrons. The molecule has 0 aliphatic heterocycles. The number of imidazole rings is 1. The van der Waals surface area contributed by atoms with Crippen LogP contribution in [0.1, 0.15) is 40.9 Å². The van der Waals surface area contributed by atoms with E-state index in [4.69, 9.17) is 4.74 Å². The number of hydrogen-bond donors (Lipinski definition) is 1. The number of carbonyl (C=O) groups excluding carboxylic acids is 1. The van der Waals surface area contributed by atoms with E-state index in [0.29, 0.717) is 24.5 Å². The average molecular weight is 431 g/mol. The Labute approximate surface area is 177 Å². The largest absolute Gasteiger partial charge is 0.435 e. The molecule has 10 heteroatoms. The van der Waals surface area contributed by atoms with Crippen molar-refractivity contribution in [3.05, 3.63) is 47.8 Å². The normalized spacial score (nSPS) is 14.7. The van der Waals surface area contributed by atoms with Crippen molar-refractivity contribution < 1.29 is 23.0 Å². The third kappa shape index (κ3) is 4.79. The third-order valence-corrected chi connectivity index (χ3v) is 5.17. The Balaban J connectivity index is 1.69. The maximum atomic E-state index is 12.8. The number of benzene rings is 1. The van der Waals surface area contributed by atoms with Crippen molar-refractivity contribution >= 4 is 16.9 Å². The van der Waals surface area contributed by atoms with E-state index in [0.717, 1.165) is 24.1 Å². The lowest BCUT2D eigenvalue weighted by Gasteiger charge is -2.19. The van der Waals surface area contributed by atoms with Crippen LogP contribution in [0.2, 0.25) is 0 Å². The Bertz CT molecular complexity index is 1070. The zero-order chi connectivity index (χ0) is 22.0. The van der Waals surface area contributed by atoms with Crippen molar-refractivity contribution in [3.63, 3.8) is 0 Å². The van der Waals surface area contributed by atoms with E-state index in [-0.39, 0.29) is 29.3 Å². The predicted molar refractivity (Wildman–Crippen MR) is 108 cm³/mol. The van der Waals surface area contributed by atoms with Gasteiger partial charge in [0, 0.05) is 25.9 Å². The van der Waals surface area contributed by atoms with Gasteiger partial charge in [0.25, 0.3) is 5.91 Å². The molecule has 1 aliphatic carbocycles. The molecule has 0 spiro atoms. The van der Waals surface area contributed by atoms with E-state index in [9.17, 15) is 13.6 Å². The first kappa shape index (κ1) is 21.1. The zero-order valence-electron chi connectivity index (χ0n) is 17.2. The fourth-order valence-electron chi connectivity index (χ4n) is 3.51. The van der Waals surface area contributed by atoms with Gasteiger partial charge < -0.3 is 19.4 Å². The molecule has 3 aromatic rings. The fraction of sp³-hybridized carbons (Fsp3) is 0.429. The van der Waals surface area contributed by atoms with Gasteiger partial charge in [-0.25, -0.2) is 9.97 Å². The molecule has 2 aromatic heterocycles. The van der Waals surface area contributed by atoms with Gasteiger partial charge in [0.2, 0.25) is 0 Å². The van der Waals surface area contributed by atoms with Crippen LogP contribution < -0.4 is 10.1 Å². The van der Waals surface area contributed by atoms with E-state index in [1.54, 1.807) is 26.3 Å². The predicted octanol–water partition coefficient (Wildman–Crippen LogP) is 3.26. The van der Waals surface area contributed by atoms with Gasteiger partial charge in [-0.3, -0.25) is 9.78 Å². The summed E-state index contributed by atoms with van der Waals surface area (Å²) in [6.07, 6.45) is 4.89. The first-order valence-electron chi connectivity index (χ1n) is 9.99. The Morgan fingerprint density at radius 3 is 2.74 bits per heavy atom. The molecule has 0 bridgehead atoms. The Kier molecular flexibility index (Phi) is 6.08. The molecule has 1 aliphatic rings. The summed E-state index contributed by atoms with van der Waals surface area (Å²) < 4.78 is 36.9. The minimum Gasteiger partial charge on any atom is -0.435 e. The number of methoxy groups -OCH3 is 1. The summed E-state index contributed by atoms with van der Waals surface area (Å²) in [6.45, 7) is -0.184. The number of nitrogens with one attached hydrogen (secondary N) is 1. The first-order chi connectivity index (χ1) is 15.0. The molecular weight excluding hydrogens is 408 g/mol. The lowest BCUT2D eigenvalue weighted by Crippen LogP contribution is -2.32. The Hall–Kier alpha value is -3.14. The number of amides is 1. The Morgan fingerprint density at radius 2 is 2.10 bits per heavy atom. The quantitative estimate of drug-likeness (QED) is 0.559. The van der Waals surface area contributed by atoms with E-state index in [2.05, 4.69) is 25.0 Å². The van der Waals surface area contributed by atoms with Crippen LogP contribution in [0.4, 0.5) is 8.78 Å². The number of halogens is 2. The Morgan fingerprint density at radius 1 is 1.29 bits per heavy atom. The van der Waals surface area contributed by atoms with Gasteiger partial charge in [0.1, 0.15) is 17.3 Å². The highest BCUT2D eigenvalue weighted by Crippen LogP contribution is 2.41. The monoisotopic (exact) mass is 431 g/mol. The van der Waals surface area contributed by atoms with Crippen LogP contribution in [0.15, 0.2) is 30.6 Å². The number of aryl methyl sites for hydroxylation is 1. The van der Waals surface area contributed by atoms with Crippen molar-refractivity contribution in [2.75, 3.05) is 13.7 Å². The second-order valence-electron chi connectivity index (χ2n) is 7.48. The van der Waals surface area contributed by atoms with Gasteiger partial charge >= 0.3 is 6.61 Å². The van der Waals surface area contributed by atoms with E-state index in [1.165, 1.54) is 18.3 Å². The van der Waals surface area contributed by atoms with Crippen LogP contribution >= 0.6 is 0 Å². The van der Waals surface area contributed by atoms with E-state index in [1.807, 2.05) is 4.57 Å². The van der Waals surface area contributed by atoms with Gasteiger partial charge in [0.05, 0.1) is 35.6 Å². The fourth-order valence-corrected chi connectivity index (χ4v) is 3.51. The van der Waals surface area contributed by atoms with E-state index < -0.39 is 6.61 Å². The van der Waals surface area contributed by atoms with Crippen LogP contribution in [-0.2, 0) is 11.3 Å². The highest BCUT2D eigenvalue weighted by Gasteiger charge is 2.37. The highest BCUT2D eigenvalue weighted by atomic mass is 19.3. The maximum Gasteiger partial charge on any atom is 0.387 e. The van der Waals surface area contributed by atoms with Gasteiger partial charge in [-0.05, 0) is 37.8 Å². The second kappa shape index (κ2) is 8.93. The molecule has 0 saturated heterocycles. The summed E-state index contributed by atoms with van der Waals surface area (Å²) in [7, 11) is 1.60. The number of alkyl halides is 2. The molecule has 1 aromatic carbocycles. The van der Waals surface area contributed by atoms with Crippen LogP contribution in [0.25, 0.3) is 11.0 Å². The van der Waals surface area contributed by atoms with Crippen molar-refractivity contribution in [2.45, 2.75) is 39.0 Å². The van der Waals surface area contributed by atoms with Crippen LogP contribution in [0.5, 0.6) is 5.75 Å². The van der Waals surface area contributed by atoms with Gasteiger partial charge in [0.15, 0.2) is 0 Å². The molecule has 1 fully saturated rings. The summed E-state index contributed by atoms with van der Waals surface area (Å²) in [6, 6.07) is 4.30. The summed E-state index contributed by atoms with van der Waals surface area (Å²) in [5, 5.41) is 3.04. The lowest BCUT2D eigenvalue weighted by atomic mass is 10.1. The number of nitrogens with zero attached hydrogens (tertiary/aromatic N) is 4. The first-order valence-corrected chi connectivity index (χ1v) is 9.99. The maximum absolute atomic E-state index is 12.8. The molecule has 1 atom stereocenters. The molecule has 2 heterocycles. The van der Waals surface area contributed by atoms with Gasteiger partial charge in [-0.15, -0.1) is 0 Å². The van der Waals surface area contributed by atoms with Crippen molar-refractivity contribution in [1.82, 2.24) is 24.8 Å². The van der Waals surface area contributed by atoms with Crippen molar-refractivity contribution in [1.29, 1.82) is 0 Å². The van der Waals surface area contributed by atoms with E-state index >= 15 is 0 Å².